The molecule has 1 atom stereocenters. The molecule has 1 radical (unpaired) electrons. The first kappa shape index (κ1) is 13.5. The molecule has 0 heterocycles. The van der Waals surface area contributed by atoms with Gasteiger partial charge >= 0.3 is 11.9 Å². The molecule has 5 nitrogen and oxygen atoms in total. The molecule has 0 fully saturated rings. The topological polar surface area (TPSA) is 101 Å². The van der Waals surface area contributed by atoms with Crippen LogP contribution in [-0.4, -0.2) is 57.8 Å². The van der Waals surface area contributed by atoms with Crippen molar-refractivity contribution in [2.24, 2.45) is 5.73 Å². The van der Waals surface area contributed by atoms with Crippen molar-refractivity contribution in [3.05, 3.63) is 0 Å². The summed E-state index contributed by atoms with van der Waals surface area (Å²) in [4.78, 5) is 19.9. The minimum atomic E-state index is -1.17. The number of carboxylic acid groups (broad SMARTS) is 2. The summed E-state index contributed by atoms with van der Waals surface area (Å²) in [6, 6.07) is -1.06. The van der Waals surface area contributed by atoms with Crippen LogP contribution < -0.4 is 5.73 Å². The van der Waals surface area contributed by atoms with Crippen LogP contribution in [0.1, 0.15) is 12.8 Å². The summed E-state index contributed by atoms with van der Waals surface area (Å²) in [5, 5.41) is 16.3. The number of carboxylic acids is 2. The standard InChI is InChI=1S/C5H9NO4.Na/c6-3(5(9)10)1-2-4(7)8;/h3H,1-2,6H2,(H,7,8)(H,9,10);. The molecule has 0 saturated carbocycles. The maximum atomic E-state index is 9.99. The van der Waals surface area contributed by atoms with E-state index in [4.69, 9.17) is 15.9 Å². The summed E-state index contributed by atoms with van der Waals surface area (Å²) >= 11 is 0. The summed E-state index contributed by atoms with van der Waals surface area (Å²) in [5.41, 5.74) is 5.00. The van der Waals surface area contributed by atoms with Gasteiger partial charge in [-0.3, -0.25) is 9.59 Å². The van der Waals surface area contributed by atoms with Crippen LogP contribution in [0.2, 0.25) is 0 Å². The first-order valence-electron chi connectivity index (χ1n) is 2.74. The summed E-state index contributed by atoms with van der Waals surface area (Å²) in [6.45, 7) is 0. The molecule has 0 aromatic carbocycles. The second-order valence-electron chi connectivity index (χ2n) is 1.88. The molecule has 0 amide bonds. The van der Waals surface area contributed by atoms with E-state index in [1.165, 1.54) is 0 Å². The third kappa shape index (κ3) is 7.80. The zero-order chi connectivity index (χ0) is 8.15. The van der Waals surface area contributed by atoms with Gasteiger partial charge in [0.1, 0.15) is 6.04 Å². The molecule has 0 rings (SSSR count). The Morgan fingerprint density at radius 3 is 2.09 bits per heavy atom. The van der Waals surface area contributed by atoms with Crippen LogP contribution >= 0.6 is 0 Å². The molecule has 11 heavy (non-hydrogen) atoms. The van der Waals surface area contributed by atoms with Gasteiger partial charge in [-0.1, -0.05) is 0 Å². The maximum absolute atomic E-state index is 9.99. The Balaban J connectivity index is 0. The van der Waals surface area contributed by atoms with Crippen molar-refractivity contribution < 1.29 is 19.8 Å². The monoisotopic (exact) mass is 170 g/mol. The zero-order valence-electron chi connectivity index (χ0n) is 6.28. The normalized spacial score (nSPS) is 11.4. The predicted octanol–water partition coefficient (Wildman–Crippen LogP) is -1.12. The molecule has 0 aliphatic heterocycles. The molecule has 0 aromatic heterocycles. The van der Waals surface area contributed by atoms with Gasteiger partial charge in [0.25, 0.3) is 0 Å². The predicted molar refractivity (Wildman–Crippen MR) is 38.2 cm³/mol. The van der Waals surface area contributed by atoms with E-state index in [2.05, 4.69) is 0 Å². The van der Waals surface area contributed by atoms with Crippen molar-refractivity contribution in [1.29, 1.82) is 0 Å². The Bertz CT molecular complexity index is 149. The molecule has 0 aliphatic carbocycles. The molecule has 59 valence electrons. The molecule has 4 N–H and O–H groups in total. The summed E-state index contributed by atoms with van der Waals surface area (Å²) in [7, 11) is 0. The number of nitrogens with two attached hydrogens (primary N) is 1. The fraction of sp³-hybridized carbons (Fsp3) is 0.600. The van der Waals surface area contributed by atoms with Crippen molar-refractivity contribution in [3.63, 3.8) is 0 Å². The van der Waals surface area contributed by atoms with Crippen molar-refractivity contribution >= 4 is 41.5 Å². The fourth-order valence-electron chi connectivity index (χ4n) is 0.402. The van der Waals surface area contributed by atoms with E-state index in [1.807, 2.05) is 0 Å². The van der Waals surface area contributed by atoms with Crippen LogP contribution in [0.15, 0.2) is 0 Å². The molecule has 0 bridgehead atoms. The van der Waals surface area contributed by atoms with Gasteiger partial charge in [0, 0.05) is 36.0 Å². The maximum Gasteiger partial charge on any atom is 0.320 e. The number of aliphatic carboxylic acids is 2. The van der Waals surface area contributed by atoms with Gasteiger partial charge in [0.2, 0.25) is 0 Å². The molecule has 1 unspecified atom stereocenters. The van der Waals surface area contributed by atoms with Crippen LogP contribution in [0.4, 0.5) is 0 Å². The Kier molecular flexibility index (Phi) is 8.09. The average Bonchev–Trinajstić information content (AvgIpc) is 1.82. The third-order valence-corrected chi connectivity index (χ3v) is 0.986. The number of hydrogen-bond donors (Lipinski definition) is 3. The quantitative estimate of drug-likeness (QED) is 0.464. The van der Waals surface area contributed by atoms with Gasteiger partial charge in [0.05, 0.1) is 0 Å². The summed E-state index contributed by atoms with van der Waals surface area (Å²) in [5.74, 6) is -2.20. The first-order valence-corrected chi connectivity index (χ1v) is 2.74. The van der Waals surface area contributed by atoms with Gasteiger partial charge < -0.3 is 15.9 Å². The minimum Gasteiger partial charge on any atom is -0.481 e. The molecule has 0 aromatic rings. The minimum absolute atomic E-state index is 0. The average molecular weight is 170 g/mol. The van der Waals surface area contributed by atoms with Crippen LogP contribution in [0.5, 0.6) is 0 Å². The van der Waals surface area contributed by atoms with E-state index in [0.717, 1.165) is 0 Å². The summed E-state index contributed by atoms with van der Waals surface area (Å²) < 4.78 is 0. The Morgan fingerprint density at radius 1 is 1.36 bits per heavy atom. The van der Waals surface area contributed by atoms with Crippen molar-refractivity contribution in [2.75, 3.05) is 0 Å². The molecule has 0 aliphatic rings. The summed E-state index contributed by atoms with van der Waals surface area (Å²) in [6.07, 6.45) is -0.224. The molecule has 0 saturated heterocycles. The smallest absolute Gasteiger partial charge is 0.320 e. The second-order valence-corrected chi connectivity index (χ2v) is 1.88. The van der Waals surface area contributed by atoms with E-state index in [-0.39, 0.29) is 42.4 Å². The van der Waals surface area contributed by atoms with Gasteiger partial charge in [0.15, 0.2) is 0 Å². The molecule has 0 spiro atoms. The molecule has 6 heteroatoms. The number of rotatable bonds is 4. The molecular weight excluding hydrogens is 161 g/mol. The van der Waals surface area contributed by atoms with Crippen molar-refractivity contribution in [1.82, 2.24) is 0 Å². The van der Waals surface area contributed by atoms with E-state index >= 15 is 0 Å². The first-order chi connectivity index (χ1) is 4.54. The Morgan fingerprint density at radius 2 is 1.82 bits per heavy atom. The van der Waals surface area contributed by atoms with E-state index in [0.29, 0.717) is 0 Å². The SMILES string of the molecule is NC(CCC(=O)O)C(=O)O.[Na]. The fourth-order valence-corrected chi connectivity index (χ4v) is 0.402. The molecular formula is C5H9NNaO4. The number of carbonyl (C=O) groups is 2. The van der Waals surface area contributed by atoms with E-state index < -0.39 is 18.0 Å². The van der Waals surface area contributed by atoms with E-state index in [9.17, 15) is 9.59 Å². The van der Waals surface area contributed by atoms with Crippen LogP contribution in [0.25, 0.3) is 0 Å². The number of hydrogen-bond acceptors (Lipinski definition) is 3. The van der Waals surface area contributed by atoms with Crippen molar-refractivity contribution in [2.45, 2.75) is 18.9 Å². The van der Waals surface area contributed by atoms with Crippen LogP contribution in [0, 0.1) is 0 Å². The van der Waals surface area contributed by atoms with Gasteiger partial charge in [-0.25, -0.2) is 0 Å². The van der Waals surface area contributed by atoms with Gasteiger partial charge in [-0.2, -0.15) is 0 Å². The largest absolute Gasteiger partial charge is 0.481 e. The Labute approximate surface area is 85.9 Å². The van der Waals surface area contributed by atoms with Gasteiger partial charge in [-0.15, -0.1) is 0 Å². The van der Waals surface area contributed by atoms with Crippen LogP contribution in [0.3, 0.4) is 0 Å². The van der Waals surface area contributed by atoms with Gasteiger partial charge in [-0.05, 0) is 6.42 Å². The Hall–Kier alpha value is -0.100. The van der Waals surface area contributed by atoms with Crippen LogP contribution in [-0.2, 0) is 9.59 Å². The zero-order valence-corrected chi connectivity index (χ0v) is 8.28. The van der Waals surface area contributed by atoms with Crippen molar-refractivity contribution in [3.8, 4) is 0 Å². The van der Waals surface area contributed by atoms with E-state index in [1.54, 1.807) is 0 Å². The second kappa shape index (κ2) is 6.60. The third-order valence-electron chi connectivity index (χ3n) is 0.986.